The predicted molar refractivity (Wildman–Crippen MR) is 192 cm³/mol. The first kappa shape index (κ1) is 16.2. The van der Waals surface area contributed by atoms with Crippen LogP contribution in [0.4, 0.5) is 17.1 Å². The molecule has 0 heterocycles. The van der Waals surface area contributed by atoms with Gasteiger partial charge in [0, 0.05) is 17.1 Å². The van der Waals surface area contributed by atoms with Crippen LogP contribution in [0, 0.1) is 0 Å². The molecular weight excluding hydrogens is 542 g/mol. The molecule has 0 bridgehead atoms. The standard InChI is InChI=1S/C44H31N/c1-3-12-32(13-4-1)34-22-26-38(27-23-34)45(40-18-11-17-36(30-40)33-14-5-2-6-15-33)39-28-24-35(25-29-39)44-31-37-16-7-8-19-41(37)42-20-9-10-21-43(42)44/h1-31H/i2D,5D,6D,14D,15D,22D,23D,24D,25D,26D,27D,28D,29D. The quantitative estimate of drug-likeness (QED) is 0.175. The van der Waals surface area contributed by atoms with Gasteiger partial charge >= 0.3 is 0 Å². The minimum Gasteiger partial charge on any atom is -0.310 e. The number of benzene rings is 8. The molecule has 1 nitrogen and oxygen atoms in total. The molecule has 0 saturated heterocycles. The molecule has 0 radical (unpaired) electrons. The van der Waals surface area contributed by atoms with Gasteiger partial charge in [-0.2, -0.15) is 0 Å². The van der Waals surface area contributed by atoms with Crippen molar-refractivity contribution < 1.29 is 17.8 Å². The van der Waals surface area contributed by atoms with Crippen LogP contribution in [0.15, 0.2) is 188 Å². The molecule has 0 amide bonds. The lowest BCUT2D eigenvalue weighted by Gasteiger charge is -2.26. The van der Waals surface area contributed by atoms with Crippen molar-refractivity contribution in [3.05, 3.63) is 188 Å². The van der Waals surface area contributed by atoms with Crippen molar-refractivity contribution in [2.24, 2.45) is 0 Å². The molecule has 0 N–H and O–H groups in total. The van der Waals surface area contributed by atoms with Gasteiger partial charge in [-0.1, -0.05) is 145 Å². The highest BCUT2D eigenvalue weighted by Crippen LogP contribution is 2.40. The molecule has 8 aromatic rings. The Balaban J connectivity index is 1.45. The molecule has 0 aliphatic heterocycles. The highest BCUT2D eigenvalue weighted by Gasteiger charge is 2.15. The largest absolute Gasteiger partial charge is 0.310 e. The van der Waals surface area contributed by atoms with Gasteiger partial charge in [0.05, 0.1) is 17.8 Å². The highest BCUT2D eigenvalue weighted by atomic mass is 15.1. The molecular formula is C44H31N. The lowest BCUT2D eigenvalue weighted by molar-refractivity contribution is 1.28. The van der Waals surface area contributed by atoms with Crippen LogP contribution >= 0.6 is 0 Å². The van der Waals surface area contributed by atoms with Crippen molar-refractivity contribution in [1.29, 1.82) is 0 Å². The first-order valence-electron chi connectivity index (χ1n) is 20.9. The minimum atomic E-state index is -0.582. The van der Waals surface area contributed by atoms with E-state index >= 15 is 0 Å². The molecule has 1 heteroatoms. The zero-order chi connectivity index (χ0) is 41.3. The molecule has 0 saturated carbocycles. The number of nitrogens with zero attached hydrogens (tertiary/aromatic N) is 1. The summed E-state index contributed by atoms with van der Waals surface area (Å²) in [5.41, 5.74) is 0.184. The minimum absolute atomic E-state index is 0.0188. The van der Waals surface area contributed by atoms with Gasteiger partial charge in [0.2, 0.25) is 0 Å². The monoisotopic (exact) mass is 586 g/mol. The Morgan fingerprint density at radius 3 is 1.67 bits per heavy atom. The molecule has 0 fully saturated rings. The maximum atomic E-state index is 9.53. The van der Waals surface area contributed by atoms with E-state index in [0.29, 0.717) is 16.5 Å². The molecule has 8 rings (SSSR count). The van der Waals surface area contributed by atoms with Crippen LogP contribution in [0.25, 0.3) is 54.9 Å². The summed E-state index contributed by atoms with van der Waals surface area (Å²) < 4.78 is 117. The Morgan fingerprint density at radius 2 is 0.933 bits per heavy atom. The van der Waals surface area contributed by atoms with Crippen LogP contribution in [0.5, 0.6) is 0 Å². The Labute approximate surface area is 282 Å². The molecule has 8 aromatic carbocycles. The summed E-state index contributed by atoms with van der Waals surface area (Å²) in [4.78, 5) is 1.14. The maximum Gasteiger partial charge on any atom is 0.0645 e. The molecule has 0 spiro atoms. The van der Waals surface area contributed by atoms with E-state index in [1.807, 2.05) is 54.6 Å². The molecule has 0 aromatic heterocycles. The second kappa shape index (κ2) is 11.6. The Kier molecular flexibility index (Phi) is 4.20. The highest BCUT2D eigenvalue weighted by molar-refractivity contribution is 6.13. The van der Waals surface area contributed by atoms with Gasteiger partial charge in [-0.3, -0.25) is 0 Å². The summed E-state index contributed by atoms with van der Waals surface area (Å²) in [5.74, 6) is 0. The lowest BCUT2D eigenvalue weighted by atomic mass is 9.93. The second-order valence-electron chi connectivity index (χ2n) is 10.4. The number of fused-ring (bicyclic) bond motifs is 3. The van der Waals surface area contributed by atoms with Crippen LogP contribution in [-0.2, 0) is 0 Å². The molecule has 45 heavy (non-hydrogen) atoms. The van der Waals surface area contributed by atoms with Crippen molar-refractivity contribution in [3.63, 3.8) is 0 Å². The number of anilines is 3. The third-order valence-corrected chi connectivity index (χ3v) is 7.66. The zero-order valence-electron chi connectivity index (χ0n) is 36.8. The number of rotatable bonds is 6. The van der Waals surface area contributed by atoms with E-state index in [2.05, 4.69) is 0 Å². The third kappa shape index (κ3) is 5.15. The van der Waals surface area contributed by atoms with Gasteiger partial charge in [0.1, 0.15) is 0 Å². The van der Waals surface area contributed by atoms with E-state index < -0.39 is 78.6 Å². The van der Waals surface area contributed by atoms with Gasteiger partial charge in [-0.05, 0) is 97.3 Å². The normalized spacial score (nSPS) is 15.2. The topological polar surface area (TPSA) is 3.24 Å². The van der Waals surface area contributed by atoms with Crippen molar-refractivity contribution in [2.75, 3.05) is 4.90 Å². The zero-order valence-corrected chi connectivity index (χ0v) is 23.8. The Hall–Kier alpha value is -5.92. The number of hydrogen-bond donors (Lipinski definition) is 0. The Morgan fingerprint density at radius 1 is 0.356 bits per heavy atom. The van der Waals surface area contributed by atoms with E-state index in [-0.39, 0.29) is 39.3 Å². The van der Waals surface area contributed by atoms with Crippen LogP contribution in [0.2, 0.25) is 0 Å². The summed E-state index contributed by atoms with van der Waals surface area (Å²) in [6, 6.07) is 24.9. The van der Waals surface area contributed by atoms with Crippen molar-refractivity contribution >= 4 is 38.6 Å². The third-order valence-electron chi connectivity index (χ3n) is 7.66. The summed E-state index contributed by atoms with van der Waals surface area (Å²) in [5, 5.41) is 3.32. The van der Waals surface area contributed by atoms with Crippen LogP contribution in [-0.4, -0.2) is 0 Å². The molecule has 212 valence electrons. The summed E-state index contributed by atoms with van der Waals surface area (Å²) >= 11 is 0. The van der Waals surface area contributed by atoms with E-state index in [1.165, 1.54) is 24.3 Å². The van der Waals surface area contributed by atoms with Gasteiger partial charge in [-0.15, -0.1) is 0 Å². The van der Waals surface area contributed by atoms with Gasteiger partial charge in [0.15, 0.2) is 0 Å². The average molecular weight is 587 g/mol. The molecule has 0 unspecified atom stereocenters. The van der Waals surface area contributed by atoms with Crippen LogP contribution < -0.4 is 4.90 Å². The van der Waals surface area contributed by atoms with E-state index in [9.17, 15) is 8.22 Å². The lowest BCUT2D eigenvalue weighted by Crippen LogP contribution is -2.10. The van der Waals surface area contributed by atoms with E-state index in [1.54, 1.807) is 30.3 Å². The number of hydrogen-bond acceptors (Lipinski definition) is 1. The molecule has 0 aliphatic carbocycles. The average Bonchev–Trinajstić information content (AvgIpc) is 3.24. The van der Waals surface area contributed by atoms with Gasteiger partial charge < -0.3 is 4.90 Å². The second-order valence-corrected chi connectivity index (χ2v) is 10.4. The fourth-order valence-corrected chi connectivity index (χ4v) is 5.55. The SMILES string of the molecule is [2H]c1c([2H])c([2H])c(-c2cccc(N(c3c([2H])c([2H])c(-c4ccccc4)c([2H])c3[2H])c3c([2H])c([2H])c(-c4cc5ccccc5c5ccccc45)c([2H])c3[2H])c2)c([2H])c1[2H]. The summed E-state index contributed by atoms with van der Waals surface area (Å²) in [6.07, 6.45) is 0. The van der Waals surface area contributed by atoms with Crippen molar-refractivity contribution in [2.45, 2.75) is 0 Å². The fraction of sp³-hybridized carbons (Fsp3) is 0. The van der Waals surface area contributed by atoms with Crippen molar-refractivity contribution in [1.82, 2.24) is 0 Å². The fourth-order valence-electron chi connectivity index (χ4n) is 5.55. The summed E-state index contributed by atoms with van der Waals surface area (Å²) in [6.45, 7) is 0. The first-order chi connectivity index (χ1) is 27.7. The van der Waals surface area contributed by atoms with Crippen LogP contribution in [0.1, 0.15) is 17.8 Å². The van der Waals surface area contributed by atoms with Crippen LogP contribution in [0.3, 0.4) is 0 Å². The predicted octanol–water partition coefficient (Wildman–Crippen LogP) is 12.5. The Bertz CT molecular complexity index is 2920. The van der Waals surface area contributed by atoms with Gasteiger partial charge in [0.25, 0.3) is 0 Å². The maximum absolute atomic E-state index is 9.53. The summed E-state index contributed by atoms with van der Waals surface area (Å²) in [7, 11) is 0. The smallest absolute Gasteiger partial charge is 0.0645 e. The molecule has 0 atom stereocenters. The molecule has 0 aliphatic rings. The van der Waals surface area contributed by atoms with Gasteiger partial charge in [-0.25, -0.2) is 0 Å². The van der Waals surface area contributed by atoms with E-state index in [4.69, 9.17) is 9.60 Å². The van der Waals surface area contributed by atoms with E-state index in [0.717, 1.165) is 21.1 Å². The van der Waals surface area contributed by atoms with Crippen molar-refractivity contribution in [3.8, 4) is 33.4 Å². The first-order valence-corrected chi connectivity index (χ1v) is 14.4.